The van der Waals surface area contributed by atoms with E-state index in [9.17, 15) is 19.1 Å². The molecule has 0 aliphatic carbocycles. The molecule has 1 saturated heterocycles. The number of thiocarbonyl (C=S) groups is 1. The number of hydrogen-bond acceptors (Lipinski definition) is 5. The molecule has 0 unspecified atom stereocenters. The average molecular weight is 375 g/mol. The molecule has 25 heavy (non-hydrogen) atoms. The van der Waals surface area contributed by atoms with Crippen LogP contribution in [0.5, 0.6) is 5.75 Å². The molecule has 126 valence electrons. The molecule has 8 heteroatoms. The first-order valence-electron chi connectivity index (χ1n) is 6.97. The monoisotopic (exact) mass is 375 g/mol. The zero-order chi connectivity index (χ0) is 18.1. The topological polar surface area (TPSA) is 77.8 Å². The Hall–Kier alpha value is -2.71. The number of thioether (sulfide) groups is 1. The van der Waals surface area contributed by atoms with Gasteiger partial charge in [0.2, 0.25) is 0 Å². The minimum Gasteiger partial charge on any atom is -0.507 e. The number of halogens is 1. The first kappa shape index (κ1) is 17.1. The average Bonchev–Trinajstić information content (AvgIpc) is 2.83. The Morgan fingerprint density at radius 3 is 2.60 bits per heavy atom. The molecule has 2 N–H and O–H groups in total. The van der Waals surface area contributed by atoms with Gasteiger partial charge in [-0.05, 0) is 24.3 Å². The molecule has 1 heterocycles. The summed E-state index contributed by atoms with van der Waals surface area (Å²) < 4.78 is 14.0. The Kier molecular flexibility index (Phi) is 4.56. The number of amides is 1. The molecule has 0 radical (unpaired) electrons. The van der Waals surface area contributed by atoms with Crippen LogP contribution in [0.1, 0.15) is 15.9 Å². The normalized spacial score (nSPS) is 15.9. The maximum absolute atomic E-state index is 13.8. The number of hydrogen-bond donors (Lipinski definition) is 2. The summed E-state index contributed by atoms with van der Waals surface area (Å²) >= 11 is 6.19. The molecule has 0 aromatic heterocycles. The first-order chi connectivity index (χ1) is 11.9. The third-order valence-electron chi connectivity index (χ3n) is 3.46. The van der Waals surface area contributed by atoms with E-state index in [2.05, 4.69) is 0 Å². The van der Waals surface area contributed by atoms with E-state index in [-0.39, 0.29) is 26.0 Å². The summed E-state index contributed by atoms with van der Waals surface area (Å²) in [5.74, 6) is -2.69. The molecule has 0 saturated carbocycles. The van der Waals surface area contributed by atoms with Gasteiger partial charge >= 0.3 is 5.97 Å². The smallest absolute Gasteiger partial charge is 0.339 e. The Bertz CT molecular complexity index is 942. The third-order valence-corrected chi connectivity index (χ3v) is 4.76. The van der Waals surface area contributed by atoms with E-state index in [0.717, 1.165) is 22.7 Å². The lowest BCUT2D eigenvalue weighted by atomic mass is 10.1. The van der Waals surface area contributed by atoms with Gasteiger partial charge in [0.15, 0.2) is 4.32 Å². The molecule has 1 aliphatic rings. The highest BCUT2D eigenvalue weighted by atomic mass is 32.2. The van der Waals surface area contributed by atoms with Crippen molar-refractivity contribution in [1.82, 2.24) is 0 Å². The summed E-state index contributed by atoms with van der Waals surface area (Å²) in [4.78, 5) is 24.9. The highest BCUT2D eigenvalue weighted by Gasteiger charge is 2.34. The van der Waals surface area contributed by atoms with E-state index in [1.54, 1.807) is 12.1 Å². The van der Waals surface area contributed by atoms with Gasteiger partial charge in [0, 0.05) is 11.6 Å². The SMILES string of the molecule is O=C(O)c1ccc(N2C(=O)C(=Cc3ccccc3F)SC2=S)cc1O. The minimum atomic E-state index is -1.28. The Morgan fingerprint density at radius 2 is 1.96 bits per heavy atom. The molecular formula is C17H10FNO4S2. The van der Waals surface area contributed by atoms with Gasteiger partial charge in [-0.25, -0.2) is 9.18 Å². The van der Waals surface area contributed by atoms with Gasteiger partial charge in [-0.15, -0.1) is 0 Å². The third kappa shape index (κ3) is 3.26. The molecule has 1 amide bonds. The summed E-state index contributed by atoms with van der Waals surface area (Å²) in [6, 6.07) is 9.74. The maximum atomic E-state index is 13.8. The van der Waals surface area contributed by atoms with Crippen molar-refractivity contribution in [3.05, 3.63) is 64.3 Å². The number of carboxylic acids is 1. The maximum Gasteiger partial charge on any atom is 0.339 e. The van der Waals surface area contributed by atoms with Crippen molar-refractivity contribution in [2.45, 2.75) is 0 Å². The Balaban J connectivity index is 1.96. The van der Waals surface area contributed by atoms with Crippen molar-refractivity contribution >= 4 is 51.9 Å². The fraction of sp³-hybridized carbons (Fsp3) is 0. The fourth-order valence-corrected chi connectivity index (χ4v) is 3.55. The van der Waals surface area contributed by atoms with Crippen LogP contribution < -0.4 is 4.90 Å². The van der Waals surface area contributed by atoms with E-state index in [1.807, 2.05) is 0 Å². The summed E-state index contributed by atoms with van der Waals surface area (Å²) in [7, 11) is 0. The zero-order valence-electron chi connectivity index (χ0n) is 12.5. The van der Waals surface area contributed by atoms with Gasteiger partial charge in [0.25, 0.3) is 5.91 Å². The van der Waals surface area contributed by atoms with Crippen molar-refractivity contribution < 1.29 is 24.2 Å². The second-order valence-electron chi connectivity index (χ2n) is 5.05. The van der Waals surface area contributed by atoms with Gasteiger partial charge in [-0.2, -0.15) is 0 Å². The number of carboxylic acid groups (broad SMARTS) is 1. The highest BCUT2D eigenvalue weighted by Crippen LogP contribution is 2.37. The molecule has 1 fully saturated rings. The molecule has 0 bridgehead atoms. The summed E-state index contributed by atoms with van der Waals surface area (Å²) in [6.45, 7) is 0. The number of carbonyl (C=O) groups excluding carboxylic acids is 1. The quantitative estimate of drug-likeness (QED) is 0.630. The largest absolute Gasteiger partial charge is 0.507 e. The Morgan fingerprint density at radius 1 is 1.24 bits per heavy atom. The van der Waals surface area contributed by atoms with Crippen LogP contribution in [-0.2, 0) is 4.79 Å². The number of carbonyl (C=O) groups is 2. The molecule has 5 nitrogen and oxygen atoms in total. The van der Waals surface area contributed by atoms with Gasteiger partial charge in [0.05, 0.1) is 10.6 Å². The second kappa shape index (κ2) is 6.66. The van der Waals surface area contributed by atoms with Crippen molar-refractivity contribution in [3.8, 4) is 5.75 Å². The van der Waals surface area contributed by atoms with Crippen molar-refractivity contribution in [3.63, 3.8) is 0 Å². The molecule has 2 aromatic rings. The molecule has 1 aliphatic heterocycles. The van der Waals surface area contributed by atoms with Crippen LogP contribution >= 0.6 is 24.0 Å². The van der Waals surface area contributed by atoms with Crippen LogP contribution in [0.4, 0.5) is 10.1 Å². The molecule has 0 atom stereocenters. The number of anilines is 1. The van der Waals surface area contributed by atoms with Gasteiger partial charge in [0.1, 0.15) is 17.1 Å². The van der Waals surface area contributed by atoms with Gasteiger partial charge in [-0.1, -0.05) is 42.2 Å². The highest BCUT2D eigenvalue weighted by molar-refractivity contribution is 8.27. The van der Waals surface area contributed by atoms with Crippen molar-refractivity contribution in [2.75, 3.05) is 4.90 Å². The minimum absolute atomic E-state index is 0.204. The lowest BCUT2D eigenvalue weighted by Gasteiger charge is -2.15. The molecule has 3 rings (SSSR count). The number of benzene rings is 2. The summed E-state index contributed by atoms with van der Waals surface area (Å²) in [6.07, 6.45) is 1.40. The number of phenols is 1. The fourth-order valence-electron chi connectivity index (χ4n) is 2.26. The molecular weight excluding hydrogens is 365 g/mol. The van der Waals surface area contributed by atoms with E-state index in [4.69, 9.17) is 17.3 Å². The number of aromatic hydroxyl groups is 1. The summed E-state index contributed by atoms with van der Waals surface area (Å²) in [5.41, 5.74) is 0.213. The van der Waals surface area contributed by atoms with E-state index in [1.165, 1.54) is 30.3 Å². The van der Waals surface area contributed by atoms with E-state index < -0.39 is 23.4 Å². The summed E-state index contributed by atoms with van der Waals surface area (Å²) in [5, 5.41) is 18.7. The van der Waals surface area contributed by atoms with Crippen LogP contribution in [0.25, 0.3) is 6.08 Å². The predicted molar refractivity (Wildman–Crippen MR) is 97.1 cm³/mol. The van der Waals surface area contributed by atoms with E-state index >= 15 is 0 Å². The lowest BCUT2D eigenvalue weighted by molar-refractivity contribution is -0.113. The molecule has 0 spiro atoms. The number of aromatic carboxylic acids is 1. The molecule has 2 aromatic carbocycles. The van der Waals surface area contributed by atoms with Crippen LogP contribution in [0.3, 0.4) is 0 Å². The van der Waals surface area contributed by atoms with Crippen LogP contribution in [-0.4, -0.2) is 26.4 Å². The lowest BCUT2D eigenvalue weighted by Crippen LogP contribution is -2.27. The van der Waals surface area contributed by atoms with Crippen molar-refractivity contribution in [2.24, 2.45) is 0 Å². The van der Waals surface area contributed by atoms with Crippen LogP contribution in [0, 0.1) is 5.82 Å². The van der Waals surface area contributed by atoms with E-state index in [0.29, 0.717) is 0 Å². The standard InChI is InChI=1S/C17H10FNO4S2/c18-12-4-2-1-3-9(12)7-14-15(21)19(17(24)25-14)10-5-6-11(16(22)23)13(20)8-10/h1-8,20H,(H,22,23). The number of rotatable bonds is 3. The first-order valence-corrected chi connectivity index (χ1v) is 8.20. The Labute approximate surface area is 151 Å². The second-order valence-corrected chi connectivity index (χ2v) is 6.72. The van der Waals surface area contributed by atoms with Crippen LogP contribution in [0.15, 0.2) is 47.4 Å². The predicted octanol–water partition coefficient (Wildman–Crippen LogP) is 3.64. The van der Waals surface area contributed by atoms with Crippen LogP contribution in [0.2, 0.25) is 0 Å². The van der Waals surface area contributed by atoms with Crippen molar-refractivity contribution in [1.29, 1.82) is 0 Å². The van der Waals surface area contributed by atoms with Gasteiger partial charge < -0.3 is 10.2 Å². The zero-order valence-corrected chi connectivity index (χ0v) is 14.1. The van der Waals surface area contributed by atoms with Gasteiger partial charge in [-0.3, -0.25) is 9.69 Å². The number of nitrogens with zero attached hydrogens (tertiary/aromatic N) is 1.